The molecule has 1 aromatic carbocycles. The van der Waals surface area contributed by atoms with Gasteiger partial charge in [-0.15, -0.1) is 0 Å². The lowest BCUT2D eigenvalue weighted by Crippen LogP contribution is -2.20. The predicted molar refractivity (Wildman–Crippen MR) is 65.4 cm³/mol. The summed E-state index contributed by atoms with van der Waals surface area (Å²) in [5.41, 5.74) is 3.92. The monoisotopic (exact) mass is 326 g/mol. The van der Waals surface area contributed by atoms with Crippen LogP contribution in [0.3, 0.4) is 0 Å². The first-order valence-electron chi connectivity index (χ1n) is 4.33. The maximum Gasteiger partial charge on any atom is 0.432 e. The van der Waals surface area contributed by atoms with Crippen molar-refractivity contribution in [1.82, 2.24) is 0 Å². The van der Waals surface area contributed by atoms with Gasteiger partial charge in [0.1, 0.15) is 5.70 Å². The van der Waals surface area contributed by atoms with Gasteiger partial charge in [0.15, 0.2) is 0 Å². The van der Waals surface area contributed by atoms with E-state index in [1.807, 2.05) is 0 Å². The van der Waals surface area contributed by atoms with Gasteiger partial charge in [0, 0.05) is 10.7 Å². The summed E-state index contributed by atoms with van der Waals surface area (Å²) < 4.78 is 37.3. The molecule has 0 bridgehead atoms. The molecule has 7 heteroatoms. The SMILES string of the molecule is NC(=C(Cl)C=Nc1ccc(Br)cc1)C(F)(F)F. The number of halogens is 5. The van der Waals surface area contributed by atoms with Gasteiger partial charge in [-0.3, -0.25) is 4.99 Å². The highest BCUT2D eigenvalue weighted by atomic mass is 79.9. The van der Waals surface area contributed by atoms with Crippen LogP contribution in [0.2, 0.25) is 0 Å². The van der Waals surface area contributed by atoms with Crippen molar-refractivity contribution in [1.29, 1.82) is 0 Å². The summed E-state index contributed by atoms with van der Waals surface area (Å²) in [7, 11) is 0. The van der Waals surface area contributed by atoms with Crippen molar-refractivity contribution in [2.75, 3.05) is 0 Å². The molecule has 92 valence electrons. The lowest BCUT2D eigenvalue weighted by atomic mass is 10.3. The molecule has 1 rings (SSSR count). The molecule has 0 atom stereocenters. The number of hydrogen-bond donors (Lipinski definition) is 1. The molecule has 0 unspecified atom stereocenters. The Hall–Kier alpha value is -1.01. The Bertz CT molecular complexity index is 452. The molecular formula is C10H7BrClF3N2. The maximum atomic E-state index is 12.1. The van der Waals surface area contributed by atoms with Crippen molar-refractivity contribution < 1.29 is 13.2 Å². The molecular weight excluding hydrogens is 320 g/mol. The molecule has 0 aliphatic carbocycles. The summed E-state index contributed by atoms with van der Waals surface area (Å²) >= 11 is 8.59. The van der Waals surface area contributed by atoms with Crippen LogP contribution in [0.4, 0.5) is 18.9 Å². The summed E-state index contributed by atoms with van der Waals surface area (Å²) in [6.45, 7) is 0. The van der Waals surface area contributed by atoms with E-state index in [9.17, 15) is 13.2 Å². The van der Waals surface area contributed by atoms with Crippen LogP contribution in [-0.4, -0.2) is 12.4 Å². The van der Waals surface area contributed by atoms with Crippen molar-refractivity contribution in [3.05, 3.63) is 39.5 Å². The molecule has 0 saturated carbocycles. The van der Waals surface area contributed by atoms with E-state index in [0.29, 0.717) is 5.69 Å². The van der Waals surface area contributed by atoms with Crippen LogP contribution in [0.15, 0.2) is 44.5 Å². The first-order valence-corrected chi connectivity index (χ1v) is 5.50. The number of nitrogens with two attached hydrogens (primary N) is 1. The van der Waals surface area contributed by atoms with Gasteiger partial charge in [0.2, 0.25) is 0 Å². The molecule has 0 amide bonds. The van der Waals surface area contributed by atoms with Crippen molar-refractivity contribution in [2.24, 2.45) is 10.7 Å². The Kier molecular flexibility index (Phi) is 4.59. The minimum Gasteiger partial charge on any atom is -0.393 e. The van der Waals surface area contributed by atoms with Gasteiger partial charge in [-0.1, -0.05) is 27.5 Å². The molecule has 0 aliphatic heterocycles. The number of nitrogens with zero attached hydrogens (tertiary/aromatic N) is 1. The second kappa shape index (κ2) is 5.55. The summed E-state index contributed by atoms with van der Waals surface area (Å²) in [6.07, 6.45) is -3.78. The van der Waals surface area contributed by atoms with Crippen LogP contribution in [-0.2, 0) is 0 Å². The highest BCUT2D eigenvalue weighted by molar-refractivity contribution is 9.10. The number of aliphatic imine (C=N–C) groups is 1. The van der Waals surface area contributed by atoms with E-state index in [1.54, 1.807) is 24.3 Å². The van der Waals surface area contributed by atoms with Crippen LogP contribution in [0, 0.1) is 0 Å². The van der Waals surface area contributed by atoms with E-state index in [2.05, 4.69) is 20.9 Å². The summed E-state index contributed by atoms with van der Waals surface area (Å²) in [4.78, 5) is 3.77. The van der Waals surface area contributed by atoms with E-state index in [4.69, 9.17) is 17.3 Å². The first kappa shape index (κ1) is 14.1. The quantitative estimate of drug-likeness (QED) is 0.815. The minimum atomic E-state index is -4.65. The number of hydrogen-bond acceptors (Lipinski definition) is 2. The Morgan fingerprint density at radius 2 is 1.82 bits per heavy atom. The van der Waals surface area contributed by atoms with Gasteiger partial charge in [-0.25, -0.2) is 0 Å². The van der Waals surface area contributed by atoms with E-state index >= 15 is 0 Å². The normalized spacial score (nSPS) is 13.9. The standard InChI is InChI=1S/C10H7BrClF3N2/c11-6-1-3-7(4-2-6)17-5-8(12)9(16)10(13,14)15/h1-5H,16H2. The topological polar surface area (TPSA) is 38.4 Å². The molecule has 0 aromatic heterocycles. The van der Waals surface area contributed by atoms with E-state index in [1.165, 1.54) is 0 Å². The van der Waals surface area contributed by atoms with Crippen molar-refractivity contribution in [3.63, 3.8) is 0 Å². The molecule has 0 aliphatic rings. The third-order valence-corrected chi connectivity index (χ3v) is 2.55. The van der Waals surface area contributed by atoms with Crippen LogP contribution in [0.1, 0.15) is 0 Å². The number of alkyl halides is 3. The average molecular weight is 328 g/mol. The molecule has 0 radical (unpaired) electrons. The van der Waals surface area contributed by atoms with Gasteiger partial charge in [-0.05, 0) is 24.3 Å². The largest absolute Gasteiger partial charge is 0.432 e. The smallest absolute Gasteiger partial charge is 0.393 e. The molecule has 0 spiro atoms. The Labute approximate surface area is 109 Å². The fraction of sp³-hybridized carbons (Fsp3) is 0.100. The van der Waals surface area contributed by atoms with E-state index < -0.39 is 16.9 Å². The maximum absolute atomic E-state index is 12.1. The fourth-order valence-electron chi connectivity index (χ4n) is 0.863. The number of benzene rings is 1. The molecule has 0 saturated heterocycles. The van der Waals surface area contributed by atoms with Crippen LogP contribution in [0.5, 0.6) is 0 Å². The average Bonchev–Trinajstić information content (AvgIpc) is 2.25. The zero-order valence-corrected chi connectivity index (χ0v) is 10.6. The second-order valence-corrected chi connectivity index (χ2v) is 4.32. The summed E-state index contributed by atoms with van der Waals surface area (Å²) in [5, 5.41) is -0.639. The van der Waals surface area contributed by atoms with Crippen molar-refractivity contribution in [2.45, 2.75) is 6.18 Å². The van der Waals surface area contributed by atoms with E-state index in [-0.39, 0.29) is 0 Å². The Morgan fingerprint density at radius 1 is 1.29 bits per heavy atom. The Balaban J connectivity index is 2.88. The summed E-state index contributed by atoms with van der Waals surface area (Å²) in [5.74, 6) is 0. The number of rotatable bonds is 2. The third kappa shape index (κ3) is 4.40. The highest BCUT2D eigenvalue weighted by Gasteiger charge is 2.33. The fourth-order valence-corrected chi connectivity index (χ4v) is 1.28. The lowest BCUT2D eigenvalue weighted by molar-refractivity contribution is -0.0927. The van der Waals surface area contributed by atoms with Gasteiger partial charge < -0.3 is 5.73 Å². The van der Waals surface area contributed by atoms with Crippen molar-refractivity contribution >= 4 is 39.4 Å². The molecule has 17 heavy (non-hydrogen) atoms. The van der Waals surface area contributed by atoms with Gasteiger partial charge in [-0.2, -0.15) is 13.2 Å². The van der Waals surface area contributed by atoms with Gasteiger partial charge >= 0.3 is 6.18 Å². The van der Waals surface area contributed by atoms with E-state index in [0.717, 1.165) is 10.7 Å². The second-order valence-electron chi connectivity index (χ2n) is 2.99. The van der Waals surface area contributed by atoms with Crippen molar-refractivity contribution in [3.8, 4) is 0 Å². The predicted octanol–water partition coefficient (Wildman–Crippen LogP) is 4.12. The third-order valence-electron chi connectivity index (χ3n) is 1.72. The highest BCUT2D eigenvalue weighted by Crippen LogP contribution is 2.25. The van der Waals surface area contributed by atoms with Crippen LogP contribution >= 0.6 is 27.5 Å². The minimum absolute atomic E-state index is 0.473. The molecule has 2 N–H and O–H groups in total. The Morgan fingerprint density at radius 3 is 2.29 bits per heavy atom. The van der Waals surface area contributed by atoms with Crippen LogP contribution in [0.25, 0.3) is 0 Å². The zero-order chi connectivity index (χ0) is 13.1. The van der Waals surface area contributed by atoms with Gasteiger partial charge in [0.25, 0.3) is 0 Å². The molecule has 0 fully saturated rings. The van der Waals surface area contributed by atoms with Crippen LogP contribution < -0.4 is 5.73 Å². The molecule has 0 heterocycles. The molecule has 2 nitrogen and oxygen atoms in total. The number of allylic oxidation sites excluding steroid dienone is 2. The summed E-state index contributed by atoms with van der Waals surface area (Å²) in [6, 6.07) is 6.65. The molecule has 1 aromatic rings. The zero-order valence-electron chi connectivity index (χ0n) is 8.30. The van der Waals surface area contributed by atoms with Gasteiger partial charge in [0.05, 0.1) is 10.7 Å². The lowest BCUT2D eigenvalue weighted by Gasteiger charge is -2.06. The first-order chi connectivity index (χ1) is 7.80.